The molecule has 1 fully saturated rings. The van der Waals surface area contributed by atoms with Crippen LogP contribution < -0.4 is 5.32 Å². The zero-order chi connectivity index (χ0) is 15.0. The first kappa shape index (κ1) is 15.6. The molecule has 1 aliphatic carbocycles. The second kappa shape index (κ2) is 5.51. The van der Waals surface area contributed by atoms with Crippen LogP contribution in [-0.2, 0) is 6.54 Å². The van der Waals surface area contributed by atoms with E-state index in [9.17, 15) is 0 Å². The lowest BCUT2D eigenvalue weighted by molar-refractivity contribution is 0.0843. The molecular formula is C17H31N3. The SMILES string of the molecule is CC(C)n1ccc(CNC2CC(C)(C)CC(C)(C)C2)n1. The third-order valence-corrected chi connectivity index (χ3v) is 4.32. The van der Waals surface area contributed by atoms with Crippen LogP contribution in [0.3, 0.4) is 0 Å². The molecule has 3 heteroatoms. The van der Waals surface area contributed by atoms with Crippen molar-refractivity contribution in [2.45, 2.75) is 79.4 Å². The van der Waals surface area contributed by atoms with E-state index >= 15 is 0 Å². The summed E-state index contributed by atoms with van der Waals surface area (Å²) in [5.41, 5.74) is 2.04. The quantitative estimate of drug-likeness (QED) is 0.895. The number of hydrogen-bond donors (Lipinski definition) is 1. The van der Waals surface area contributed by atoms with Gasteiger partial charge in [-0.2, -0.15) is 5.10 Å². The Bertz CT molecular complexity index is 427. The van der Waals surface area contributed by atoms with E-state index in [1.54, 1.807) is 0 Å². The maximum atomic E-state index is 4.62. The van der Waals surface area contributed by atoms with E-state index in [2.05, 4.69) is 64.2 Å². The fourth-order valence-electron chi connectivity index (χ4n) is 4.00. The van der Waals surface area contributed by atoms with Crippen molar-refractivity contribution >= 4 is 0 Å². The van der Waals surface area contributed by atoms with E-state index in [4.69, 9.17) is 0 Å². The molecule has 0 amide bonds. The van der Waals surface area contributed by atoms with Crippen LogP contribution in [0.1, 0.15) is 72.5 Å². The fourth-order valence-corrected chi connectivity index (χ4v) is 4.00. The van der Waals surface area contributed by atoms with E-state index in [0.29, 0.717) is 22.9 Å². The molecular weight excluding hydrogens is 246 g/mol. The molecule has 0 saturated heterocycles. The van der Waals surface area contributed by atoms with E-state index < -0.39 is 0 Å². The summed E-state index contributed by atoms with van der Waals surface area (Å²) >= 11 is 0. The predicted molar refractivity (Wildman–Crippen MR) is 84.7 cm³/mol. The highest BCUT2D eigenvalue weighted by molar-refractivity contribution is 5.00. The van der Waals surface area contributed by atoms with Gasteiger partial charge < -0.3 is 5.32 Å². The standard InChI is InChI=1S/C17H31N3/c1-13(2)20-8-7-14(19-20)11-18-15-9-16(3,4)12-17(5,6)10-15/h7-8,13,15,18H,9-12H2,1-6H3. The van der Waals surface area contributed by atoms with Crippen molar-refractivity contribution in [3.63, 3.8) is 0 Å². The third kappa shape index (κ3) is 4.08. The highest BCUT2D eigenvalue weighted by Crippen LogP contribution is 2.45. The molecule has 1 N–H and O–H groups in total. The van der Waals surface area contributed by atoms with E-state index in [0.717, 1.165) is 12.2 Å². The van der Waals surface area contributed by atoms with Crippen molar-refractivity contribution in [2.75, 3.05) is 0 Å². The number of nitrogens with one attached hydrogen (secondary N) is 1. The number of rotatable bonds is 4. The van der Waals surface area contributed by atoms with E-state index in [1.165, 1.54) is 19.3 Å². The van der Waals surface area contributed by atoms with Crippen LogP contribution in [-0.4, -0.2) is 15.8 Å². The Kier molecular flexibility index (Phi) is 4.29. The molecule has 0 aromatic carbocycles. The van der Waals surface area contributed by atoms with Gasteiger partial charge in [0.25, 0.3) is 0 Å². The van der Waals surface area contributed by atoms with Crippen LogP contribution >= 0.6 is 0 Å². The van der Waals surface area contributed by atoms with Crippen LogP contribution in [0.4, 0.5) is 0 Å². The van der Waals surface area contributed by atoms with Gasteiger partial charge in [0.15, 0.2) is 0 Å². The maximum absolute atomic E-state index is 4.62. The molecule has 20 heavy (non-hydrogen) atoms. The maximum Gasteiger partial charge on any atom is 0.0762 e. The Balaban J connectivity index is 1.92. The smallest absolute Gasteiger partial charge is 0.0762 e. The molecule has 0 atom stereocenters. The Hall–Kier alpha value is -0.830. The van der Waals surface area contributed by atoms with Gasteiger partial charge in [-0.15, -0.1) is 0 Å². The first-order valence-electron chi connectivity index (χ1n) is 7.94. The summed E-state index contributed by atoms with van der Waals surface area (Å²) in [4.78, 5) is 0. The normalized spacial score (nSPS) is 22.4. The van der Waals surface area contributed by atoms with Gasteiger partial charge in [0.1, 0.15) is 0 Å². The average molecular weight is 277 g/mol. The molecule has 2 rings (SSSR count). The second-order valence-electron chi connectivity index (χ2n) is 8.37. The van der Waals surface area contributed by atoms with Crippen LogP contribution in [0.15, 0.2) is 12.3 Å². The summed E-state index contributed by atoms with van der Waals surface area (Å²) in [6.07, 6.45) is 5.93. The third-order valence-electron chi connectivity index (χ3n) is 4.32. The van der Waals surface area contributed by atoms with Gasteiger partial charge in [-0.3, -0.25) is 4.68 Å². The minimum absolute atomic E-state index is 0.441. The van der Waals surface area contributed by atoms with Gasteiger partial charge in [0, 0.05) is 24.8 Å². The molecule has 0 bridgehead atoms. The van der Waals surface area contributed by atoms with Gasteiger partial charge in [-0.05, 0) is 50.0 Å². The number of nitrogens with zero attached hydrogens (tertiary/aromatic N) is 2. The van der Waals surface area contributed by atoms with E-state index in [1.807, 2.05) is 4.68 Å². The average Bonchev–Trinajstić information content (AvgIpc) is 2.70. The Morgan fingerprint density at radius 3 is 2.35 bits per heavy atom. The lowest BCUT2D eigenvalue weighted by Gasteiger charge is -2.45. The van der Waals surface area contributed by atoms with Crippen molar-refractivity contribution in [2.24, 2.45) is 10.8 Å². The summed E-state index contributed by atoms with van der Waals surface area (Å²) < 4.78 is 2.03. The monoisotopic (exact) mass is 277 g/mol. The molecule has 1 aliphatic rings. The molecule has 0 aliphatic heterocycles. The molecule has 1 aromatic heterocycles. The lowest BCUT2D eigenvalue weighted by atomic mass is 9.63. The van der Waals surface area contributed by atoms with Crippen molar-refractivity contribution in [1.82, 2.24) is 15.1 Å². The lowest BCUT2D eigenvalue weighted by Crippen LogP contribution is -2.43. The summed E-state index contributed by atoms with van der Waals surface area (Å²) in [7, 11) is 0. The largest absolute Gasteiger partial charge is 0.308 e. The molecule has 0 radical (unpaired) electrons. The topological polar surface area (TPSA) is 29.9 Å². The zero-order valence-electron chi connectivity index (χ0n) is 14.0. The van der Waals surface area contributed by atoms with Crippen molar-refractivity contribution < 1.29 is 0 Å². The molecule has 0 unspecified atom stereocenters. The molecule has 3 nitrogen and oxygen atoms in total. The zero-order valence-corrected chi connectivity index (χ0v) is 14.0. The first-order chi connectivity index (χ1) is 9.17. The Labute approximate surface area is 124 Å². The van der Waals surface area contributed by atoms with Gasteiger partial charge in [-0.1, -0.05) is 27.7 Å². The minimum Gasteiger partial charge on any atom is -0.308 e. The summed E-state index contributed by atoms with van der Waals surface area (Å²) in [5, 5.41) is 8.35. The number of aromatic nitrogens is 2. The van der Waals surface area contributed by atoms with Gasteiger partial charge in [0.05, 0.1) is 5.69 Å². The Morgan fingerprint density at radius 1 is 1.25 bits per heavy atom. The van der Waals surface area contributed by atoms with Gasteiger partial charge >= 0.3 is 0 Å². The van der Waals surface area contributed by atoms with Gasteiger partial charge in [0.2, 0.25) is 0 Å². The van der Waals surface area contributed by atoms with Gasteiger partial charge in [-0.25, -0.2) is 0 Å². The minimum atomic E-state index is 0.441. The first-order valence-corrected chi connectivity index (χ1v) is 7.94. The van der Waals surface area contributed by atoms with Crippen LogP contribution in [0.2, 0.25) is 0 Å². The van der Waals surface area contributed by atoms with E-state index in [-0.39, 0.29) is 0 Å². The molecule has 1 heterocycles. The fraction of sp³-hybridized carbons (Fsp3) is 0.824. The van der Waals surface area contributed by atoms with Crippen LogP contribution in [0.25, 0.3) is 0 Å². The molecule has 0 spiro atoms. The van der Waals surface area contributed by atoms with Crippen LogP contribution in [0.5, 0.6) is 0 Å². The Morgan fingerprint density at radius 2 is 1.85 bits per heavy atom. The second-order valence-corrected chi connectivity index (χ2v) is 8.37. The summed E-state index contributed by atoms with van der Waals surface area (Å²) in [6, 6.07) is 3.18. The van der Waals surface area contributed by atoms with Crippen LogP contribution in [0, 0.1) is 10.8 Å². The van der Waals surface area contributed by atoms with Crippen molar-refractivity contribution in [1.29, 1.82) is 0 Å². The summed E-state index contributed by atoms with van der Waals surface area (Å²) in [6.45, 7) is 14.8. The molecule has 114 valence electrons. The predicted octanol–water partition coefficient (Wildman–Crippen LogP) is 4.16. The summed E-state index contributed by atoms with van der Waals surface area (Å²) in [5.74, 6) is 0. The van der Waals surface area contributed by atoms with Crippen molar-refractivity contribution in [3.05, 3.63) is 18.0 Å². The van der Waals surface area contributed by atoms with Crippen molar-refractivity contribution in [3.8, 4) is 0 Å². The molecule has 1 aromatic rings. The highest BCUT2D eigenvalue weighted by Gasteiger charge is 2.38. The molecule has 1 saturated carbocycles. The number of hydrogen-bond acceptors (Lipinski definition) is 2. The highest BCUT2D eigenvalue weighted by atomic mass is 15.3.